The summed E-state index contributed by atoms with van der Waals surface area (Å²) in [6.07, 6.45) is -0.304. The highest BCUT2D eigenvalue weighted by atomic mass is 32.1. The van der Waals surface area contributed by atoms with Crippen LogP contribution in [-0.4, -0.2) is 17.0 Å². The SMILES string of the molecule is CCC(Oc1ccc(F)cc1)C(=O)Nc1nc2ccc(F)cc2s1. The summed E-state index contributed by atoms with van der Waals surface area (Å²) in [6.45, 7) is 1.81. The first-order valence-electron chi connectivity index (χ1n) is 7.34. The number of carbonyl (C=O) groups is 1. The third-order valence-corrected chi connectivity index (χ3v) is 4.27. The molecule has 0 saturated heterocycles. The van der Waals surface area contributed by atoms with Gasteiger partial charge in [0.2, 0.25) is 0 Å². The van der Waals surface area contributed by atoms with Crippen LogP contribution >= 0.6 is 11.3 Å². The van der Waals surface area contributed by atoms with E-state index in [1.165, 1.54) is 47.7 Å². The largest absolute Gasteiger partial charge is 0.481 e. The van der Waals surface area contributed by atoms with Crippen LogP contribution in [0.3, 0.4) is 0 Å². The molecule has 1 unspecified atom stereocenters. The fourth-order valence-electron chi connectivity index (χ4n) is 2.14. The molecular weight excluding hydrogens is 334 g/mol. The number of benzene rings is 2. The summed E-state index contributed by atoms with van der Waals surface area (Å²) < 4.78 is 32.4. The van der Waals surface area contributed by atoms with E-state index in [-0.39, 0.29) is 17.5 Å². The van der Waals surface area contributed by atoms with Crippen LogP contribution in [0.4, 0.5) is 13.9 Å². The van der Waals surface area contributed by atoms with Crippen LogP contribution < -0.4 is 10.1 Å². The first-order chi connectivity index (χ1) is 11.5. The molecule has 1 heterocycles. The van der Waals surface area contributed by atoms with Gasteiger partial charge in [0.15, 0.2) is 11.2 Å². The Labute approximate surface area is 141 Å². The molecule has 1 N–H and O–H groups in total. The molecular formula is C17H14F2N2O2S. The smallest absolute Gasteiger partial charge is 0.267 e. The second-order valence-electron chi connectivity index (χ2n) is 5.09. The molecule has 24 heavy (non-hydrogen) atoms. The number of carbonyl (C=O) groups excluding carboxylic acids is 1. The number of amides is 1. The van der Waals surface area contributed by atoms with Crippen molar-refractivity contribution in [3.05, 3.63) is 54.1 Å². The van der Waals surface area contributed by atoms with Gasteiger partial charge in [0, 0.05) is 0 Å². The van der Waals surface area contributed by atoms with E-state index in [9.17, 15) is 13.6 Å². The number of anilines is 1. The number of thiazole rings is 1. The monoisotopic (exact) mass is 348 g/mol. The standard InChI is InChI=1S/C17H14F2N2O2S/c1-2-14(23-12-6-3-10(18)4-7-12)16(22)21-17-20-13-8-5-11(19)9-15(13)24-17/h3-9,14H,2H2,1H3,(H,20,21,22). The van der Waals surface area contributed by atoms with Gasteiger partial charge < -0.3 is 4.74 Å². The molecule has 0 saturated carbocycles. The second kappa shape index (κ2) is 6.92. The van der Waals surface area contributed by atoms with Gasteiger partial charge in [0.25, 0.3) is 5.91 Å². The summed E-state index contributed by atoms with van der Waals surface area (Å²) in [5.41, 5.74) is 0.615. The summed E-state index contributed by atoms with van der Waals surface area (Å²) in [5, 5.41) is 3.06. The van der Waals surface area contributed by atoms with Gasteiger partial charge in [-0.25, -0.2) is 13.8 Å². The number of halogens is 2. The van der Waals surface area contributed by atoms with Gasteiger partial charge in [0.1, 0.15) is 17.4 Å². The van der Waals surface area contributed by atoms with Gasteiger partial charge in [-0.1, -0.05) is 18.3 Å². The third kappa shape index (κ3) is 3.68. The van der Waals surface area contributed by atoms with Crippen LogP contribution in [0.2, 0.25) is 0 Å². The Kier molecular flexibility index (Phi) is 4.71. The van der Waals surface area contributed by atoms with Crippen molar-refractivity contribution in [2.75, 3.05) is 5.32 Å². The van der Waals surface area contributed by atoms with Crippen LogP contribution in [0.5, 0.6) is 5.75 Å². The molecule has 1 aromatic heterocycles. The van der Waals surface area contributed by atoms with Crippen LogP contribution in [0.1, 0.15) is 13.3 Å². The summed E-state index contributed by atoms with van der Waals surface area (Å²) in [5.74, 6) is -0.678. The number of ether oxygens (including phenoxy) is 1. The molecule has 0 fully saturated rings. The molecule has 1 atom stereocenters. The number of aromatic nitrogens is 1. The highest BCUT2D eigenvalue weighted by molar-refractivity contribution is 7.22. The first-order valence-corrected chi connectivity index (χ1v) is 8.16. The average molecular weight is 348 g/mol. The Hall–Kier alpha value is -2.54. The lowest BCUT2D eigenvalue weighted by atomic mass is 10.2. The minimum absolute atomic E-state index is 0.352. The van der Waals surface area contributed by atoms with Crippen molar-refractivity contribution >= 4 is 32.6 Å². The number of hydrogen-bond acceptors (Lipinski definition) is 4. The molecule has 7 heteroatoms. The lowest BCUT2D eigenvalue weighted by molar-refractivity contribution is -0.122. The molecule has 0 radical (unpaired) electrons. The number of hydrogen-bond donors (Lipinski definition) is 1. The van der Waals surface area contributed by atoms with Crippen molar-refractivity contribution in [3.63, 3.8) is 0 Å². The molecule has 1 amide bonds. The molecule has 4 nitrogen and oxygen atoms in total. The molecule has 3 aromatic rings. The maximum Gasteiger partial charge on any atom is 0.267 e. The zero-order chi connectivity index (χ0) is 17.1. The lowest BCUT2D eigenvalue weighted by Gasteiger charge is -2.16. The Morgan fingerprint density at radius 1 is 1.21 bits per heavy atom. The maximum absolute atomic E-state index is 13.2. The van der Waals surface area contributed by atoms with Gasteiger partial charge >= 0.3 is 0 Å². The Morgan fingerprint density at radius 3 is 2.62 bits per heavy atom. The molecule has 0 aliphatic rings. The Morgan fingerprint density at radius 2 is 1.92 bits per heavy atom. The lowest BCUT2D eigenvalue weighted by Crippen LogP contribution is -2.32. The van der Waals surface area contributed by atoms with Crippen molar-refractivity contribution < 1.29 is 18.3 Å². The predicted molar refractivity (Wildman–Crippen MR) is 89.3 cm³/mol. The fourth-order valence-corrected chi connectivity index (χ4v) is 3.03. The van der Waals surface area contributed by atoms with Gasteiger partial charge in [-0.3, -0.25) is 10.1 Å². The van der Waals surface area contributed by atoms with Crippen molar-refractivity contribution in [2.45, 2.75) is 19.4 Å². The maximum atomic E-state index is 13.2. The summed E-state index contributed by atoms with van der Waals surface area (Å²) in [4.78, 5) is 16.6. The van der Waals surface area contributed by atoms with Crippen molar-refractivity contribution in [2.24, 2.45) is 0 Å². The van der Waals surface area contributed by atoms with E-state index in [2.05, 4.69) is 10.3 Å². The molecule has 0 spiro atoms. The van der Waals surface area contributed by atoms with Crippen LogP contribution in [-0.2, 0) is 4.79 Å². The van der Waals surface area contributed by atoms with Gasteiger partial charge in [-0.05, 0) is 48.9 Å². The normalized spacial score (nSPS) is 12.1. The Bertz CT molecular complexity index is 865. The van der Waals surface area contributed by atoms with Crippen LogP contribution in [0.25, 0.3) is 10.2 Å². The zero-order valence-corrected chi connectivity index (χ0v) is 13.6. The second-order valence-corrected chi connectivity index (χ2v) is 6.12. The topological polar surface area (TPSA) is 51.2 Å². The van der Waals surface area contributed by atoms with E-state index in [1.54, 1.807) is 6.07 Å². The number of nitrogens with zero attached hydrogens (tertiary/aromatic N) is 1. The van der Waals surface area contributed by atoms with Crippen molar-refractivity contribution in [3.8, 4) is 5.75 Å². The quantitative estimate of drug-likeness (QED) is 0.745. The van der Waals surface area contributed by atoms with Crippen LogP contribution in [0.15, 0.2) is 42.5 Å². The van der Waals surface area contributed by atoms with E-state index in [0.29, 0.717) is 27.5 Å². The summed E-state index contributed by atoms with van der Waals surface area (Å²) in [6, 6.07) is 9.71. The number of fused-ring (bicyclic) bond motifs is 1. The van der Waals surface area contributed by atoms with E-state index >= 15 is 0 Å². The Balaban J connectivity index is 1.72. The highest BCUT2D eigenvalue weighted by Gasteiger charge is 2.20. The number of nitrogens with one attached hydrogen (secondary N) is 1. The number of rotatable bonds is 5. The minimum atomic E-state index is -0.737. The molecule has 3 rings (SSSR count). The molecule has 0 bridgehead atoms. The van der Waals surface area contributed by atoms with E-state index in [0.717, 1.165) is 0 Å². The van der Waals surface area contributed by atoms with Gasteiger partial charge in [-0.2, -0.15) is 0 Å². The molecule has 0 aliphatic carbocycles. The fraction of sp³-hybridized carbons (Fsp3) is 0.176. The molecule has 2 aromatic carbocycles. The van der Waals surface area contributed by atoms with Crippen molar-refractivity contribution in [1.82, 2.24) is 4.98 Å². The minimum Gasteiger partial charge on any atom is -0.481 e. The average Bonchev–Trinajstić information content (AvgIpc) is 2.95. The zero-order valence-electron chi connectivity index (χ0n) is 12.8. The van der Waals surface area contributed by atoms with E-state index in [4.69, 9.17) is 4.74 Å². The van der Waals surface area contributed by atoms with E-state index in [1.807, 2.05) is 6.92 Å². The summed E-state index contributed by atoms with van der Waals surface area (Å²) >= 11 is 1.19. The third-order valence-electron chi connectivity index (χ3n) is 3.34. The van der Waals surface area contributed by atoms with E-state index < -0.39 is 6.10 Å². The van der Waals surface area contributed by atoms with Gasteiger partial charge in [-0.15, -0.1) is 0 Å². The van der Waals surface area contributed by atoms with Crippen LogP contribution in [0, 0.1) is 11.6 Å². The summed E-state index contributed by atoms with van der Waals surface area (Å²) in [7, 11) is 0. The first kappa shape index (κ1) is 16.3. The highest BCUT2D eigenvalue weighted by Crippen LogP contribution is 2.27. The van der Waals surface area contributed by atoms with Crippen molar-refractivity contribution in [1.29, 1.82) is 0 Å². The molecule has 0 aliphatic heterocycles. The molecule has 124 valence electrons. The predicted octanol–water partition coefficient (Wildman–Crippen LogP) is 4.37. The van der Waals surface area contributed by atoms with Gasteiger partial charge in [0.05, 0.1) is 10.2 Å².